The fourth-order valence-electron chi connectivity index (χ4n) is 2.13. The number of ether oxygens (including phenoxy) is 2. The van der Waals surface area contributed by atoms with E-state index in [4.69, 9.17) is 4.74 Å². The molecule has 0 fully saturated rings. The minimum atomic E-state index is -4.48. The van der Waals surface area contributed by atoms with Crippen molar-refractivity contribution >= 4 is 17.5 Å². The molecule has 2 rings (SSSR count). The van der Waals surface area contributed by atoms with E-state index in [1.807, 2.05) is 0 Å². The second-order valence-corrected chi connectivity index (χ2v) is 5.73. The number of alkyl halides is 3. The Morgan fingerprint density at radius 3 is 2.36 bits per heavy atom. The van der Waals surface area contributed by atoms with Crippen molar-refractivity contribution in [2.75, 3.05) is 32.6 Å². The summed E-state index contributed by atoms with van der Waals surface area (Å²) in [5.41, 5.74) is 0.651. The van der Waals surface area contributed by atoms with Crippen LogP contribution >= 0.6 is 0 Å². The minimum absolute atomic E-state index is 0.110. The van der Waals surface area contributed by atoms with Crippen LogP contribution in [0.25, 0.3) is 0 Å². The summed E-state index contributed by atoms with van der Waals surface area (Å²) in [4.78, 5) is 29.2. The Balaban J connectivity index is 1.89. The second kappa shape index (κ2) is 9.07. The first kappa shape index (κ1) is 21.0. The van der Waals surface area contributed by atoms with Gasteiger partial charge in [-0.05, 0) is 30.3 Å². The van der Waals surface area contributed by atoms with Crippen LogP contribution in [0.5, 0.6) is 11.6 Å². The first-order chi connectivity index (χ1) is 13.2. The Morgan fingerprint density at radius 1 is 1.14 bits per heavy atom. The summed E-state index contributed by atoms with van der Waals surface area (Å²) in [5.74, 6) is -0.548. The van der Waals surface area contributed by atoms with Crippen molar-refractivity contribution in [3.05, 3.63) is 48.2 Å². The number of anilines is 1. The standard InChI is InChI=1S/C18H18F3N3O4/c1-24(10-15(25)23-13-4-6-14(27-2)7-5-13)17(26)12-3-8-16(22-9-12)28-11-18(19,20)21/h3-9H,10-11H2,1-2H3,(H,23,25). The molecule has 10 heteroatoms. The summed E-state index contributed by atoms with van der Waals surface area (Å²) in [6, 6.07) is 9.10. The maximum Gasteiger partial charge on any atom is 0.422 e. The van der Waals surface area contributed by atoms with E-state index in [2.05, 4.69) is 15.0 Å². The second-order valence-electron chi connectivity index (χ2n) is 5.73. The van der Waals surface area contributed by atoms with Crippen molar-refractivity contribution in [1.82, 2.24) is 9.88 Å². The van der Waals surface area contributed by atoms with Gasteiger partial charge in [-0.25, -0.2) is 4.98 Å². The zero-order valence-electron chi connectivity index (χ0n) is 15.1. The van der Waals surface area contributed by atoms with Crippen LogP contribution in [0.2, 0.25) is 0 Å². The third-order valence-electron chi connectivity index (χ3n) is 3.47. The molecule has 0 unspecified atom stereocenters. The van der Waals surface area contributed by atoms with E-state index in [0.717, 1.165) is 17.2 Å². The van der Waals surface area contributed by atoms with Gasteiger partial charge < -0.3 is 19.7 Å². The summed E-state index contributed by atoms with van der Waals surface area (Å²) in [5, 5.41) is 2.64. The Labute approximate surface area is 159 Å². The number of nitrogens with zero attached hydrogens (tertiary/aromatic N) is 2. The topological polar surface area (TPSA) is 80.8 Å². The van der Waals surface area contributed by atoms with E-state index in [1.165, 1.54) is 20.2 Å². The molecule has 0 bridgehead atoms. The van der Waals surface area contributed by atoms with Crippen LogP contribution in [0.3, 0.4) is 0 Å². The Morgan fingerprint density at radius 2 is 1.82 bits per heavy atom. The molecule has 2 aromatic rings. The fourth-order valence-corrected chi connectivity index (χ4v) is 2.13. The molecule has 0 radical (unpaired) electrons. The van der Waals surface area contributed by atoms with Crippen molar-refractivity contribution in [2.45, 2.75) is 6.18 Å². The lowest BCUT2D eigenvalue weighted by Crippen LogP contribution is -2.35. The number of pyridine rings is 1. The van der Waals surface area contributed by atoms with Gasteiger partial charge in [0, 0.05) is 25.0 Å². The van der Waals surface area contributed by atoms with Gasteiger partial charge in [-0.3, -0.25) is 9.59 Å². The van der Waals surface area contributed by atoms with Gasteiger partial charge in [0.05, 0.1) is 19.2 Å². The lowest BCUT2D eigenvalue weighted by Gasteiger charge is -2.17. The highest BCUT2D eigenvalue weighted by atomic mass is 19.4. The van der Waals surface area contributed by atoms with Crippen LogP contribution in [0.15, 0.2) is 42.6 Å². The molecule has 1 aromatic carbocycles. The number of hydrogen-bond acceptors (Lipinski definition) is 5. The number of benzene rings is 1. The maximum atomic E-state index is 12.3. The van der Waals surface area contributed by atoms with Gasteiger partial charge in [-0.2, -0.15) is 13.2 Å². The molecule has 0 aliphatic carbocycles. The van der Waals surface area contributed by atoms with Gasteiger partial charge in [0.1, 0.15) is 5.75 Å². The van der Waals surface area contributed by atoms with Crippen LogP contribution < -0.4 is 14.8 Å². The molecular formula is C18H18F3N3O4. The number of hydrogen-bond donors (Lipinski definition) is 1. The lowest BCUT2D eigenvalue weighted by molar-refractivity contribution is -0.154. The molecule has 7 nitrogen and oxygen atoms in total. The summed E-state index contributed by atoms with van der Waals surface area (Å²) < 4.78 is 45.8. The molecule has 0 atom stereocenters. The van der Waals surface area contributed by atoms with Gasteiger partial charge in [-0.15, -0.1) is 0 Å². The number of methoxy groups -OCH3 is 1. The van der Waals surface area contributed by atoms with Crippen molar-refractivity contribution in [2.24, 2.45) is 0 Å². The van der Waals surface area contributed by atoms with Crippen LogP contribution in [-0.2, 0) is 4.79 Å². The van der Waals surface area contributed by atoms with E-state index in [1.54, 1.807) is 24.3 Å². The third-order valence-corrected chi connectivity index (χ3v) is 3.47. The summed E-state index contributed by atoms with van der Waals surface area (Å²) in [6.07, 6.45) is -3.39. The molecule has 2 amide bonds. The molecule has 0 aliphatic rings. The van der Waals surface area contributed by atoms with E-state index in [9.17, 15) is 22.8 Å². The first-order valence-corrected chi connectivity index (χ1v) is 8.03. The molecule has 28 heavy (non-hydrogen) atoms. The quantitative estimate of drug-likeness (QED) is 0.777. The number of rotatable bonds is 7. The van der Waals surface area contributed by atoms with Gasteiger partial charge in [0.2, 0.25) is 11.8 Å². The minimum Gasteiger partial charge on any atom is -0.497 e. The molecular weight excluding hydrogens is 379 g/mol. The first-order valence-electron chi connectivity index (χ1n) is 8.03. The zero-order valence-corrected chi connectivity index (χ0v) is 15.1. The van der Waals surface area contributed by atoms with Crippen LogP contribution in [0, 0.1) is 0 Å². The molecule has 1 aromatic heterocycles. The Bertz CT molecular complexity index is 808. The van der Waals surface area contributed by atoms with E-state index in [0.29, 0.717) is 11.4 Å². The van der Waals surface area contributed by atoms with Gasteiger partial charge >= 0.3 is 6.18 Å². The number of carbonyl (C=O) groups is 2. The third kappa shape index (κ3) is 6.45. The van der Waals surface area contributed by atoms with E-state index in [-0.39, 0.29) is 18.0 Å². The SMILES string of the molecule is COc1ccc(NC(=O)CN(C)C(=O)c2ccc(OCC(F)(F)F)nc2)cc1. The summed E-state index contributed by atoms with van der Waals surface area (Å²) in [7, 11) is 2.95. The Kier molecular flexibility index (Phi) is 6.80. The van der Waals surface area contributed by atoms with Crippen LogP contribution in [-0.4, -0.2) is 55.2 Å². The number of carbonyl (C=O) groups excluding carboxylic acids is 2. The summed E-state index contributed by atoms with van der Waals surface area (Å²) >= 11 is 0. The molecule has 0 saturated heterocycles. The number of nitrogens with one attached hydrogen (secondary N) is 1. The van der Waals surface area contributed by atoms with Crippen molar-refractivity contribution in [1.29, 1.82) is 0 Å². The summed E-state index contributed by atoms with van der Waals surface area (Å²) in [6.45, 7) is -1.70. The van der Waals surface area contributed by atoms with Gasteiger partial charge in [-0.1, -0.05) is 0 Å². The molecule has 0 saturated carbocycles. The average Bonchev–Trinajstić information content (AvgIpc) is 2.66. The highest BCUT2D eigenvalue weighted by molar-refractivity contribution is 5.99. The highest BCUT2D eigenvalue weighted by Gasteiger charge is 2.28. The zero-order chi connectivity index (χ0) is 20.7. The van der Waals surface area contributed by atoms with Crippen molar-refractivity contribution in [3.63, 3.8) is 0 Å². The van der Waals surface area contributed by atoms with Gasteiger partial charge in [0.15, 0.2) is 6.61 Å². The highest BCUT2D eigenvalue weighted by Crippen LogP contribution is 2.17. The van der Waals surface area contributed by atoms with Crippen molar-refractivity contribution in [3.8, 4) is 11.6 Å². The monoisotopic (exact) mass is 397 g/mol. The predicted octanol–water partition coefficient (Wildman–Crippen LogP) is 2.74. The normalized spacial score (nSPS) is 10.9. The lowest BCUT2D eigenvalue weighted by atomic mass is 10.2. The number of aromatic nitrogens is 1. The smallest absolute Gasteiger partial charge is 0.422 e. The maximum absolute atomic E-state index is 12.3. The van der Waals surface area contributed by atoms with Crippen molar-refractivity contribution < 1.29 is 32.2 Å². The number of amides is 2. The fraction of sp³-hybridized carbons (Fsp3) is 0.278. The average molecular weight is 397 g/mol. The van der Waals surface area contributed by atoms with E-state index < -0.39 is 24.6 Å². The molecule has 0 aliphatic heterocycles. The molecule has 1 heterocycles. The number of halogens is 3. The van der Waals surface area contributed by atoms with E-state index >= 15 is 0 Å². The molecule has 1 N–H and O–H groups in total. The Hall–Kier alpha value is -3.30. The predicted molar refractivity (Wildman–Crippen MR) is 94.4 cm³/mol. The largest absolute Gasteiger partial charge is 0.497 e. The van der Waals surface area contributed by atoms with Crippen LogP contribution in [0.4, 0.5) is 18.9 Å². The van der Waals surface area contributed by atoms with Crippen LogP contribution in [0.1, 0.15) is 10.4 Å². The number of likely N-dealkylation sites (N-methyl/N-ethyl adjacent to an activating group) is 1. The van der Waals surface area contributed by atoms with Gasteiger partial charge in [0.25, 0.3) is 5.91 Å². The molecule has 0 spiro atoms. The molecule has 150 valence electrons.